The molecular formula is C7H12O2. The van der Waals surface area contributed by atoms with Crippen molar-refractivity contribution in [1.29, 1.82) is 0 Å². The van der Waals surface area contributed by atoms with Gasteiger partial charge in [0.25, 0.3) is 0 Å². The summed E-state index contributed by atoms with van der Waals surface area (Å²) in [4.78, 5) is 0. The van der Waals surface area contributed by atoms with Crippen LogP contribution >= 0.6 is 0 Å². The minimum Gasteiger partial charge on any atom is -0.390 e. The predicted molar refractivity (Wildman–Crippen MR) is 33.1 cm³/mol. The first-order chi connectivity index (χ1) is 4.23. The van der Waals surface area contributed by atoms with E-state index in [1.807, 2.05) is 6.92 Å². The molecule has 1 saturated carbocycles. The van der Waals surface area contributed by atoms with E-state index in [-0.39, 0.29) is 11.7 Å². The van der Waals surface area contributed by atoms with Crippen molar-refractivity contribution in [1.82, 2.24) is 0 Å². The van der Waals surface area contributed by atoms with Gasteiger partial charge in [-0.15, -0.1) is 0 Å². The Hall–Kier alpha value is -0.0800. The van der Waals surface area contributed by atoms with E-state index < -0.39 is 0 Å². The largest absolute Gasteiger partial charge is 0.390 e. The van der Waals surface area contributed by atoms with Crippen molar-refractivity contribution in [2.45, 2.75) is 44.0 Å². The summed E-state index contributed by atoms with van der Waals surface area (Å²) >= 11 is 0. The molecule has 2 rings (SSSR count). The van der Waals surface area contributed by atoms with E-state index >= 15 is 0 Å². The second-order valence-electron chi connectivity index (χ2n) is 3.24. The summed E-state index contributed by atoms with van der Waals surface area (Å²) in [7, 11) is 0. The van der Waals surface area contributed by atoms with E-state index in [2.05, 4.69) is 0 Å². The zero-order valence-corrected chi connectivity index (χ0v) is 5.63. The molecule has 0 bridgehead atoms. The zero-order chi connectivity index (χ0) is 6.48. The van der Waals surface area contributed by atoms with Crippen LogP contribution in [-0.2, 0) is 4.74 Å². The molecule has 2 heteroatoms. The van der Waals surface area contributed by atoms with Gasteiger partial charge in [-0.2, -0.15) is 0 Å². The lowest BCUT2D eigenvalue weighted by Gasteiger charge is -2.18. The molecule has 0 aromatic heterocycles. The summed E-state index contributed by atoms with van der Waals surface area (Å²) in [5, 5.41) is 9.35. The van der Waals surface area contributed by atoms with Gasteiger partial charge in [-0.3, -0.25) is 0 Å². The van der Waals surface area contributed by atoms with Crippen LogP contribution in [-0.4, -0.2) is 22.9 Å². The molecule has 1 saturated heterocycles. The fourth-order valence-corrected chi connectivity index (χ4v) is 1.69. The van der Waals surface area contributed by atoms with Crippen molar-refractivity contribution in [2.75, 3.05) is 0 Å². The smallest absolute Gasteiger partial charge is 0.118 e. The van der Waals surface area contributed by atoms with Crippen LogP contribution in [0.1, 0.15) is 26.2 Å². The van der Waals surface area contributed by atoms with Gasteiger partial charge in [0.2, 0.25) is 0 Å². The lowest BCUT2D eigenvalue weighted by atomic mass is 9.88. The van der Waals surface area contributed by atoms with Crippen molar-refractivity contribution in [3.8, 4) is 0 Å². The van der Waals surface area contributed by atoms with Crippen molar-refractivity contribution in [2.24, 2.45) is 0 Å². The Morgan fingerprint density at radius 3 is 2.89 bits per heavy atom. The van der Waals surface area contributed by atoms with Crippen LogP contribution in [0, 0.1) is 0 Å². The molecule has 0 radical (unpaired) electrons. The highest BCUT2D eigenvalue weighted by molar-refractivity contribution is 5.06. The molecule has 0 amide bonds. The average molecular weight is 128 g/mol. The topological polar surface area (TPSA) is 32.8 Å². The maximum absolute atomic E-state index is 9.35. The van der Waals surface area contributed by atoms with Gasteiger partial charge in [-0.25, -0.2) is 0 Å². The van der Waals surface area contributed by atoms with Crippen LogP contribution in [0.4, 0.5) is 0 Å². The van der Waals surface area contributed by atoms with E-state index in [1.165, 1.54) is 0 Å². The molecule has 1 aliphatic carbocycles. The maximum Gasteiger partial charge on any atom is 0.118 e. The van der Waals surface area contributed by atoms with Crippen molar-refractivity contribution >= 4 is 0 Å². The standard InChI is InChI=1S/C7H12O2/c1-7-5(8)3-2-4-6(7)9-7/h5-6,8H,2-4H2,1H3/t5?,6-,7+/m1/s1. The van der Waals surface area contributed by atoms with Crippen LogP contribution < -0.4 is 0 Å². The Bertz CT molecular complexity index is 135. The summed E-state index contributed by atoms with van der Waals surface area (Å²) in [6.07, 6.45) is 3.37. The fraction of sp³-hybridized carbons (Fsp3) is 1.00. The van der Waals surface area contributed by atoms with Gasteiger partial charge in [-0.1, -0.05) is 0 Å². The lowest BCUT2D eigenvalue weighted by molar-refractivity contribution is 0.0744. The summed E-state index contributed by atoms with van der Waals surface area (Å²) < 4.78 is 5.33. The lowest BCUT2D eigenvalue weighted by Crippen LogP contribution is -2.32. The van der Waals surface area contributed by atoms with Gasteiger partial charge < -0.3 is 9.84 Å². The van der Waals surface area contributed by atoms with Gasteiger partial charge in [0.05, 0.1) is 12.2 Å². The van der Waals surface area contributed by atoms with Crippen molar-refractivity contribution in [3.63, 3.8) is 0 Å². The molecule has 2 aliphatic rings. The minimum absolute atomic E-state index is 0.141. The molecule has 2 fully saturated rings. The first kappa shape index (κ1) is 5.69. The Kier molecular flexibility index (Phi) is 0.945. The molecule has 9 heavy (non-hydrogen) atoms. The van der Waals surface area contributed by atoms with E-state index in [4.69, 9.17) is 4.74 Å². The first-order valence-electron chi connectivity index (χ1n) is 3.59. The molecule has 1 N–H and O–H groups in total. The molecule has 2 nitrogen and oxygen atoms in total. The van der Waals surface area contributed by atoms with E-state index in [9.17, 15) is 5.11 Å². The number of hydrogen-bond acceptors (Lipinski definition) is 2. The monoisotopic (exact) mass is 128 g/mol. The molecule has 1 aliphatic heterocycles. The summed E-state index contributed by atoms with van der Waals surface area (Å²) in [6.45, 7) is 2.00. The number of hydrogen-bond donors (Lipinski definition) is 1. The molecule has 0 aromatic rings. The number of aliphatic hydroxyl groups excluding tert-OH is 1. The Morgan fingerprint density at radius 1 is 1.56 bits per heavy atom. The predicted octanol–water partition coefficient (Wildman–Crippen LogP) is 0.689. The highest BCUT2D eigenvalue weighted by Crippen LogP contribution is 2.47. The summed E-state index contributed by atoms with van der Waals surface area (Å²) in [6, 6.07) is 0. The third kappa shape index (κ3) is 0.634. The zero-order valence-electron chi connectivity index (χ0n) is 5.63. The highest BCUT2D eigenvalue weighted by atomic mass is 16.6. The second-order valence-corrected chi connectivity index (χ2v) is 3.24. The number of ether oxygens (including phenoxy) is 1. The second kappa shape index (κ2) is 1.50. The molecule has 1 heterocycles. The Balaban J connectivity index is 2.10. The molecule has 52 valence electrons. The molecule has 3 atom stereocenters. The van der Waals surface area contributed by atoms with Crippen LogP contribution in [0.5, 0.6) is 0 Å². The SMILES string of the molecule is C[C@@]12O[C@@H]1CCCC2O. The van der Waals surface area contributed by atoms with Gasteiger partial charge in [0.15, 0.2) is 0 Å². The maximum atomic E-state index is 9.35. The minimum atomic E-state index is -0.198. The number of fused-ring (bicyclic) bond motifs is 1. The van der Waals surface area contributed by atoms with Gasteiger partial charge >= 0.3 is 0 Å². The fourth-order valence-electron chi connectivity index (χ4n) is 1.69. The van der Waals surface area contributed by atoms with Crippen LogP contribution in [0.2, 0.25) is 0 Å². The van der Waals surface area contributed by atoms with E-state index in [0.717, 1.165) is 19.3 Å². The summed E-state index contributed by atoms with van der Waals surface area (Å²) in [5.41, 5.74) is -0.141. The number of aliphatic hydroxyl groups is 1. The molecule has 0 spiro atoms. The van der Waals surface area contributed by atoms with Gasteiger partial charge in [0, 0.05) is 0 Å². The number of epoxide rings is 1. The van der Waals surface area contributed by atoms with Crippen LogP contribution in [0.15, 0.2) is 0 Å². The quantitative estimate of drug-likeness (QED) is 0.487. The van der Waals surface area contributed by atoms with Gasteiger partial charge in [-0.05, 0) is 26.2 Å². The van der Waals surface area contributed by atoms with Crippen LogP contribution in [0.25, 0.3) is 0 Å². The van der Waals surface area contributed by atoms with Crippen molar-refractivity contribution < 1.29 is 9.84 Å². The van der Waals surface area contributed by atoms with E-state index in [1.54, 1.807) is 0 Å². The third-order valence-corrected chi connectivity index (χ3v) is 2.58. The van der Waals surface area contributed by atoms with Crippen LogP contribution in [0.3, 0.4) is 0 Å². The number of rotatable bonds is 0. The normalized spacial score (nSPS) is 56.7. The van der Waals surface area contributed by atoms with Crippen molar-refractivity contribution in [3.05, 3.63) is 0 Å². The molecular weight excluding hydrogens is 116 g/mol. The first-order valence-corrected chi connectivity index (χ1v) is 3.59. The Labute approximate surface area is 54.8 Å². The Morgan fingerprint density at radius 2 is 2.33 bits per heavy atom. The molecule has 0 aromatic carbocycles. The third-order valence-electron chi connectivity index (χ3n) is 2.58. The highest BCUT2D eigenvalue weighted by Gasteiger charge is 2.58. The summed E-state index contributed by atoms with van der Waals surface area (Å²) in [5.74, 6) is 0. The molecule has 1 unspecified atom stereocenters. The average Bonchev–Trinajstić information content (AvgIpc) is 2.44. The van der Waals surface area contributed by atoms with E-state index in [0.29, 0.717) is 6.10 Å². The van der Waals surface area contributed by atoms with Gasteiger partial charge in [0.1, 0.15) is 5.60 Å².